The number of hydrogen-bond donors (Lipinski definition) is 0. The van der Waals surface area contributed by atoms with Gasteiger partial charge in [0.15, 0.2) is 11.2 Å². The first-order valence-electron chi connectivity index (χ1n) is 6.87. The number of fused-ring (bicyclic) bond motifs is 4. The van der Waals surface area contributed by atoms with Crippen molar-refractivity contribution in [1.29, 1.82) is 0 Å². The first kappa shape index (κ1) is 13.8. The Morgan fingerprint density at radius 1 is 1.38 bits per heavy atom. The van der Waals surface area contributed by atoms with E-state index in [1.54, 1.807) is 19.2 Å². The second-order valence-electron chi connectivity index (χ2n) is 5.61. The number of ketones is 1. The molecule has 3 rings (SSSR count). The summed E-state index contributed by atoms with van der Waals surface area (Å²) < 4.78 is 10.1. The quantitative estimate of drug-likeness (QED) is 0.469. The van der Waals surface area contributed by atoms with Gasteiger partial charge >= 0.3 is 5.97 Å². The molecule has 0 fully saturated rings. The Kier molecular flexibility index (Phi) is 3.08. The summed E-state index contributed by atoms with van der Waals surface area (Å²) in [5.41, 5.74) is 1.19. The minimum absolute atomic E-state index is 0.0839. The highest BCUT2D eigenvalue weighted by atomic mass is 16.5. The molecule has 110 valence electrons. The zero-order chi connectivity index (χ0) is 15.2. The van der Waals surface area contributed by atoms with E-state index >= 15 is 0 Å². The van der Waals surface area contributed by atoms with Gasteiger partial charge in [0.25, 0.3) is 0 Å². The van der Waals surface area contributed by atoms with E-state index in [1.165, 1.54) is 7.11 Å². The van der Waals surface area contributed by atoms with Gasteiger partial charge < -0.3 is 9.47 Å². The Morgan fingerprint density at radius 2 is 2.14 bits per heavy atom. The fourth-order valence-electron chi connectivity index (χ4n) is 3.48. The average Bonchev–Trinajstić information content (AvgIpc) is 2.48. The van der Waals surface area contributed by atoms with Crippen molar-refractivity contribution in [2.75, 3.05) is 14.2 Å². The topological polar surface area (TPSA) is 65.5 Å². The van der Waals surface area contributed by atoms with Gasteiger partial charge in [-0.1, -0.05) is 17.7 Å². The molecule has 0 spiro atoms. The molecule has 0 unspecified atom stereocenters. The van der Waals surface area contributed by atoms with Crippen molar-refractivity contribution >= 4 is 11.8 Å². The number of rotatable bonds is 2. The van der Waals surface area contributed by atoms with E-state index in [1.807, 2.05) is 13.0 Å². The van der Waals surface area contributed by atoms with Gasteiger partial charge in [0, 0.05) is 18.4 Å². The molecule has 0 radical (unpaired) electrons. The van der Waals surface area contributed by atoms with E-state index in [0.717, 1.165) is 11.3 Å². The normalized spacial score (nSPS) is 26.7. The third-order valence-corrected chi connectivity index (χ3v) is 4.35. The summed E-state index contributed by atoms with van der Waals surface area (Å²) in [4.78, 5) is 29.7. The summed E-state index contributed by atoms with van der Waals surface area (Å²) >= 11 is 0. The second-order valence-corrected chi connectivity index (χ2v) is 5.61. The van der Waals surface area contributed by atoms with Crippen LogP contribution in [0.25, 0.3) is 0 Å². The molecule has 21 heavy (non-hydrogen) atoms. The number of hydrogen-bond acceptors (Lipinski definition) is 5. The van der Waals surface area contributed by atoms with Crippen LogP contribution in [0.4, 0.5) is 0 Å². The Labute approximate surface area is 123 Å². The first-order chi connectivity index (χ1) is 10.0. The van der Waals surface area contributed by atoms with Gasteiger partial charge in [0.1, 0.15) is 0 Å². The lowest BCUT2D eigenvalue weighted by Crippen LogP contribution is -2.53. The number of esters is 1. The van der Waals surface area contributed by atoms with Crippen LogP contribution < -0.4 is 4.74 Å². The van der Waals surface area contributed by atoms with Crippen LogP contribution >= 0.6 is 0 Å². The van der Waals surface area contributed by atoms with Crippen molar-refractivity contribution in [2.24, 2.45) is 5.92 Å². The van der Waals surface area contributed by atoms with Crippen LogP contribution in [-0.2, 0) is 26.2 Å². The van der Waals surface area contributed by atoms with Crippen LogP contribution in [-0.4, -0.2) is 31.0 Å². The maximum atomic E-state index is 12.8. The number of Topliss-reactive ketones (excluding diaryl/α,β-unsaturated/α-hetero) is 1. The van der Waals surface area contributed by atoms with E-state index in [0.29, 0.717) is 24.3 Å². The number of nitrogens with zero attached hydrogens (tertiary/aromatic N) is 1. The van der Waals surface area contributed by atoms with E-state index in [-0.39, 0.29) is 11.7 Å². The molecule has 0 N–H and O–H groups in total. The van der Waals surface area contributed by atoms with Gasteiger partial charge in [-0.3, -0.25) is 9.59 Å². The zero-order valence-corrected chi connectivity index (χ0v) is 12.3. The Hall–Kier alpha value is -2.17. The number of carbonyl (C=O) groups is 2. The number of ether oxygens (including phenoxy) is 2. The standard InChI is InChI=1S/C16H17NO4/c1-9-6-10-7-12-11(4-5-13(17-12)20-2)16(8-9,14(10)18)15(19)21-3/h4-6,10H,7-8H2,1-3H3/t10-,16-/m0/s1. The summed E-state index contributed by atoms with van der Waals surface area (Å²) in [5.74, 6) is -0.413. The van der Waals surface area contributed by atoms with E-state index in [9.17, 15) is 9.59 Å². The third-order valence-electron chi connectivity index (χ3n) is 4.35. The summed E-state index contributed by atoms with van der Waals surface area (Å²) in [6, 6.07) is 3.45. The van der Waals surface area contributed by atoms with Crippen LogP contribution in [0.5, 0.6) is 5.88 Å². The molecule has 0 saturated carbocycles. The molecule has 0 aliphatic heterocycles. The van der Waals surface area contributed by atoms with Gasteiger partial charge in [0.05, 0.1) is 19.9 Å². The molecule has 0 amide bonds. The molecule has 0 saturated heterocycles. The summed E-state index contributed by atoms with van der Waals surface area (Å²) in [5, 5.41) is 0. The number of carbonyl (C=O) groups excluding carboxylic acids is 2. The summed E-state index contributed by atoms with van der Waals surface area (Å²) in [7, 11) is 2.86. The molecule has 1 heterocycles. The SMILES string of the molecule is COC(=O)[C@@]12CC(C)=C[C@@H](Cc3nc(OC)ccc31)C2=O. The van der Waals surface area contributed by atoms with Crippen molar-refractivity contribution in [3.8, 4) is 5.88 Å². The average molecular weight is 287 g/mol. The molecule has 2 aliphatic carbocycles. The summed E-state index contributed by atoms with van der Waals surface area (Å²) in [6.07, 6.45) is 2.80. The van der Waals surface area contributed by atoms with Crippen molar-refractivity contribution in [2.45, 2.75) is 25.2 Å². The molecule has 2 bridgehead atoms. The van der Waals surface area contributed by atoms with E-state index < -0.39 is 11.4 Å². The molecular formula is C16H17NO4. The van der Waals surface area contributed by atoms with E-state index in [2.05, 4.69) is 4.98 Å². The number of allylic oxidation sites excluding steroid dienone is 2. The molecule has 2 aliphatic rings. The van der Waals surface area contributed by atoms with Gasteiger partial charge in [-0.05, 0) is 18.9 Å². The highest BCUT2D eigenvalue weighted by molar-refractivity contribution is 6.13. The number of aromatic nitrogens is 1. The largest absolute Gasteiger partial charge is 0.481 e. The van der Waals surface area contributed by atoms with Gasteiger partial charge in [0.2, 0.25) is 5.88 Å². The smallest absolute Gasteiger partial charge is 0.324 e. The Balaban J connectivity index is 2.25. The lowest BCUT2D eigenvalue weighted by molar-refractivity contribution is -0.154. The predicted octanol–water partition coefficient (Wildman–Crippen LogP) is 1.59. The monoisotopic (exact) mass is 287 g/mol. The third kappa shape index (κ3) is 1.80. The molecule has 0 aromatic carbocycles. The van der Waals surface area contributed by atoms with Crippen LogP contribution in [0.2, 0.25) is 0 Å². The van der Waals surface area contributed by atoms with Gasteiger partial charge in [-0.15, -0.1) is 0 Å². The molecule has 1 aromatic rings. The van der Waals surface area contributed by atoms with Crippen LogP contribution in [0.3, 0.4) is 0 Å². The minimum atomic E-state index is -1.24. The Morgan fingerprint density at radius 3 is 2.81 bits per heavy atom. The van der Waals surface area contributed by atoms with Gasteiger partial charge in [-0.25, -0.2) is 4.98 Å². The fourth-order valence-corrected chi connectivity index (χ4v) is 3.48. The van der Waals surface area contributed by atoms with Crippen molar-refractivity contribution in [3.63, 3.8) is 0 Å². The lowest BCUT2D eigenvalue weighted by Gasteiger charge is -2.41. The van der Waals surface area contributed by atoms with Crippen molar-refractivity contribution < 1.29 is 19.1 Å². The molecule has 1 aromatic heterocycles. The lowest BCUT2D eigenvalue weighted by atomic mass is 9.60. The highest BCUT2D eigenvalue weighted by Crippen LogP contribution is 2.46. The fraction of sp³-hybridized carbons (Fsp3) is 0.438. The number of methoxy groups -OCH3 is 2. The van der Waals surface area contributed by atoms with Gasteiger partial charge in [-0.2, -0.15) is 0 Å². The Bertz CT molecular complexity index is 664. The van der Waals surface area contributed by atoms with Crippen LogP contribution in [0.15, 0.2) is 23.8 Å². The number of pyridine rings is 1. The molecule has 2 atom stereocenters. The highest BCUT2D eigenvalue weighted by Gasteiger charge is 2.56. The maximum Gasteiger partial charge on any atom is 0.324 e. The minimum Gasteiger partial charge on any atom is -0.481 e. The summed E-state index contributed by atoms with van der Waals surface area (Å²) in [6.45, 7) is 1.94. The predicted molar refractivity (Wildman–Crippen MR) is 75.1 cm³/mol. The van der Waals surface area contributed by atoms with Crippen LogP contribution in [0, 0.1) is 5.92 Å². The maximum absolute atomic E-state index is 12.8. The second kappa shape index (κ2) is 4.69. The van der Waals surface area contributed by atoms with Crippen LogP contribution in [0.1, 0.15) is 24.6 Å². The van der Waals surface area contributed by atoms with Crippen molar-refractivity contribution in [3.05, 3.63) is 35.0 Å². The molecule has 5 nitrogen and oxygen atoms in total. The van der Waals surface area contributed by atoms with Crippen molar-refractivity contribution in [1.82, 2.24) is 4.98 Å². The molecular weight excluding hydrogens is 270 g/mol. The zero-order valence-electron chi connectivity index (χ0n) is 12.3. The molecule has 5 heteroatoms. The first-order valence-corrected chi connectivity index (χ1v) is 6.87. The van der Waals surface area contributed by atoms with E-state index in [4.69, 9.17) is 9.47 Å².